The molecular weight excluding hydrogens is 222 g/mol. The Morgan fingerprint density at radius 3 is 2.17 bits per heavy atom. The third-order valence-corrected chi connectivity index (χ3v) is 5.50. The van der Waals surface area contributed by atoms with Crippen LogP contribution in [0, 0.1) is 17.8 Å². The number of rotatable bonds is 1. The number of hydrogen-bond acceptors (Lipinski definition) is 2. The van der Waals surface area contributed by atoms with Gasteiger partial charge in [0.2, 0.25) is 0 Å². The molecule has 2 aliphatic rings. The summed E-state index contributed by atoms with van der Waals surface area (Å²) in [4.78, 5) is 0. The van der Waals surface area contributed by atoms with Crippen molar-refractivity contribution < 1.29 is 5.11 Å². The SMILES string of the molecule is Cc1ccccc1C1(O)C[C@]2(C)CNC[C@]2(C)C1. The zero-order valence-corrected chi connectivity index (χ0v) is 11.6. The highest BCUT2D eigenvalue weighted by atomic mass is 16.3. The average molecular weight is 245 g/mol. The Labute approximate surface area is 109 Å². The maximum Gasteiger partial charge on any atom is 0.0910 e. The van der Waals surface area contributed by atoms with Gasteiger partial charge < -0.3 is 10.4 Å². The van der Waals surface area contributed by atoms with Gasteiger partial charge in [0.15, 0.2) is 0 Å². The lowest BCUT2D eigenvalue weighted by Crippen LogP contribution is -2.30. The molecule has 0 spiro atoms. The van der Waals surface area contributed by atoms with Crippen LogP contribution in [0.4, 0.5) is 0 Å². The lowest BCUT2D eigenvalue weighted by molar-refractivity contribution is 0.0272. The number of benzene rings is 1. The molecule has 1 aromatic carbocycles. The van der Waals surface area contributed by atoms with Crippen LogP contribution in [-0.4, -0.2) is 18.2 Å². The van der Waals surface area contributed by atoms with Gasteiger partial charge >= 0.3 is 0 Å². The van der Waals surface area contributed by atoms with E-state index in [-0.39, 0.29) is 10.8 Å². The average Bonchev–Trinajstić information content (AvgIpc) is 2.63. The van der Waals surface area contributed by atoms with Crippen LogP contribution in [0.25, 0.3) is 0 Å². The van der Waals surface area contributed by atoms with E-state index in [1.54, 1.807) is 0 Å². The van der Waals surface area contributed by atoms with Crippen LogP contribution < -0.4 is 5.32 Å². The summed E-state index contributed by atoms with van der Waals surface area (Å²) >= 11 is 0. The van der Waals surface area contributed by atoms with E-state index in [1.807, 2.05) is 12.1 Å². The van der Waals surface area contributed by atoms with Crippen molar-refractivity contribution in [1.82, 2.24) is 5.32 Å². The van der Waals surface area contributed by atoms with Gasteiger partial charge in [-0.3, -0.25) is 0 Å². The van der Waals surface area contributed by atoms with Crippen LogP contribution >= 0.6 is 0 Å². The van der Waals surface area contributed by atoms with E-state index < -0.39 is 5.60 Å². The molecule has 2 N–H and O–H groups in total. The lowest BCUT2D eigenvalue weighted by atomic mass is 9.71. The Balaban J connectivity index is 2.03. The summed E-state index contributed by atoms with van der Waals surface area (Å²) in [6.45, 7) is 8.80. The van der Waals surface area contributed by atoms with Crippen molar-refractivity contribution in [3.05, 3.63) is 35.4 Å². The van der Waals surface area contributed by atoms with Crippen molar-refractivity contribution in [2.45, 2.75) is 39.2 Å². The predicted octanol–water partition coefficient (Wildman–Crippen LogP) is 2.59. The zero-order valence-electron chi connectivity index (χ0n) is 11.6. The van der Waals surface area contributed by atoms with Gasteiger partial charge in [0.25, 0.3) is 0 Å². The first-order valence-electron chi connectivity index (χ1n) is 6.88. The van der Waals surface area contributed by atoms with Crippen molar-refractivity contribution >= 4 is 0 Å². The molecule has 1 heterocycles. The Hall–Kier alpha value is -0.860. The monoisotopic (exact) mass is 245 g/mol. The molecule has 0 aromatic heterocycles. The van der Waals surface area contributed by atoms with Gasteiger partial charge in [-0.1, -0.05) is 38.1 Å². The van der Waals surface area contributed by atoms with Crippen molar-refractivity contribution in [3.63, 3.8) is 0 Å². The molecular formula is C16H23NO. The van der Waals surface area contributed by atoms with E-state index in [0.29, 0.717) is 0 Å². The van der Waals surface area contributed by atoms with Crippen LogP contribution in [0.15, 0.2) is 24.3 Å². The van der Waals surface area contributed by atoms with E-state index in [9.17, 15) is 5.11 Å². The van der Waals surface area contributed by atoms with Crippen LogP contribution in [0.5, 0.6) is 0 Å². The summed E-state index contributed by atoms with van der Waals surface area (Å²) in [7, 11) is 0. The summed E-state index contributed by atoms with van der Waals surface area (Å²) in [5, 5.41) is 14.6. The quantitative estimate of drug-likeness (QED) is 0.797. The van der Waals surface area contributed by atoms with Crippen molar-refractivity contribution in [3.8, 4) is 0 Å². The molecule has 18 heavy (non-hydrogen) atoms. The summed E-state index contributed by atoms with van der Waals surface area (Å²) in [5.74, 6) is 0. The molecule has 1 saturated heterocycles. The highest BCUT2D eigenvalue weighted by Crippen LogP contribution is 2.61. The fourth-order valence-corrected chi connectivity index (χ4v) is 4.23. The van der Waals surface area contributed by atoms with E-state index in [4.69, 9.17) is 0 Å². The van der Waals surface area contributed by atoms with Crippen molar-refractivity contribution in [2.75, 3.05) is 13.1 Å². The van der Waals surface area contributed by atoms with Gasteiger partial charge in [-0.05, 0) is 41.7 Å². The number of aliphatic hydroxyl groups is 1. The molecule has 0 bridgehead atoms. The Morgan fingerprint density at radius 2 is 1.61 bits per heavy atom. The van der Waals surface area contributed by atoms with E-state index in [1.165, 1.54) is 5.56 Å². The molecule has 0 amide bonds. The third-order valence-electron chi connectivity index (χ3n) is 5.50. The number of aryl methyl sites for hydroxylation is 1. The van der Waals surface area contributed by atoms with Gasteiger partial charge in [0.1, 0.15) is 0 Å². The summed E-state index contributed by atoms with van der Waals surface area (Å²) < 4.78 is 0. The number of fused-ring (bicyclic) bond motifs is 1. The molecule has 0 radical (unpaired) electrons. The van der Waals surface area contributed by atoms with Crippen LogP contribution in [0.1, 0.15) is 37.8 Å². The molecule has 2 heteroatoms. The Morgan fingerprint density at radius 1 is 1.06 bits per heavy atom. The first-order valence-corrected chi connectivity index (χ1v) is 6.88. The third kappa shape index (κ3) is 1.49. The minimum atomic E-state index is -0.642. The van der Waals surface area contributed by atoms with Gasteiger partial charge in [-0.25, -0.2) is 0 Å². The maximum absolute atomic E-state index is 11.2. The molecule has 1 aliphatic carbocycles. The Bertz CT molecular complexity index is 466. The van der Waals surface area contributed by atoms with Crippen LogP contribution in [0.2, 0.25) is 0 Å². The molecule has 1 aliphatic heterocycles. The van der Waals surface area contributed by atoms with Gasteiger partial charge in [0.05, 0.1) is 5.60 Å². The Kier molecular flexibility index (Phi) is 2.43. The summed E-state index contributed by atoms with van der Waals surface area (Å²) in [6, 6.07) is 8.28. The van der Waals surface area contributed by atoms with Crippen LogP contribution in [-0.2, 0) is 5.60 Å². The van der Waals surface area contributed by atoms with E-state index in [0.717, 1.165) is 31.5 Å². The highest BCUT2D eigenvalue weighted by Gasteiger charge is 2.61. The molecule has 98 valence electrons. The first kappa shape index (κ1) is 12.2. The van der Waals surface area contributed by atoms with Crippen molar-refractivity contribution in [1.29, 1.82) is 0 Å². The zero-order chi connectivity index (χ0) is 13.0. The maximum atomic E-state index is 11.2. The predicted molar refractivity (Wildman–Crippen MR) is 73.4 cm³/mol. The second-order valence-electron chi connectivity index (χ2n) is 6.92. The standard InChI is InChI=1S/C16H23NO/c1-12-6-4-5-7-13(12)16(18)8-14(2)10-17-11-15(14,3)9-16/h4-7,17-18H,8-11H2,1-3H3/t14-,15+,16?. The largest absolute Gasteiger partial charge is 0.385 e. The van der Waals surface area contributed by atoms with Gasteiger partial charge in [-0.15, -0.1) is 0 Å². The number of nitrogens with one attached hydrogen (secondary N) is 1. The molecule has 3 atom stereocenters. The summed E-state index contributed by atoms with van der Waals surface area (Å²) in [5.41, 5.74) is 2.12. The second-order valence-corrected chi connectivity index (χ2v) is 6.92. The van der Waals surface area contributed by atoms with Crippen LogP contribution in [0.3, 0.4) is 0 Å². The minimum absolute atomic E-state index is 0.212. The molecule has 2 nitrogen and oxygen atoms in total. The highest BCUT2D eigenvalue weighted by molar-refractivity contribution is 5.34. The summed E-state index contributed by atoms with van der Waals surface area (Å²) in [6.07, 6.45) is 1.74. The van der Waals surface area contributed by atoms with E-state index >= 15 is 0 Å². The molecule has 1 unspecified atom stereocenters. The lowest BCUT2D eigenvalue weighted by Gasteiger charge is -2.32. The molecule has 2 fully saturated rings. The minimum Gasteiger partial charge on any atom is -0.385 e. The smallest absolute Gasteiger partial charge is 0.0910 e. The van der Waals surface area contributed by atoms with Crippen molar-refractivity contribution in [2.24, 2.45) is 10.8 Å². The number of hydrogen-bond donors (Lipinski definition) is 2. The van der Waals surface area contributed by atoms with Gasteiger partial charge in [0, 0.05) is 13.1 Å². The fraction of sp³-hybridized carbons (Fsp3) is 0.625. The molecule has 3 rings (SSSR count). The second kappa shape index (κ2) is 3.58. The van der Waals surface area contributed by atoms with Gasteiger partial charge in [-0.2, -0.15) is 0 Å². The normalized spacial score (nSPS) is 43.1. The topological polar surface area (TPSA) is 32.3 Å². The first-order chi connectivity index (χ1) is 8.39. The van der Waals surface area contributed by atoms with E-state index in [2.05, 4.69) is 38.2 Å². The fourth-order valence-electron chi connectivity index (χ4n) is 4.23. The molecule has 1 aromatic rings. The molecule has 1 saturated carbocycles.